The van der Waals surface area contributed by atoms with E-state index in [9.17, 15) is 0 Å². The average molecular weight is 307 g/mol. The lowest BCUT2D eigenvalue weighted by atomic mass is 10.0. The van der Waals surface area contributed by atoms with Gasteiger partial charge in [-0.3, -0.25) is 0 Å². The first-order valence-electron chi connectivity index (χ1n) is 6.59. The first-order chi connectivity index (χ1) is 8.65. The van der Waals surface area contributed by atoms with E-state index in [1.807, 2.05) is 0 Å². The van der Waals surface area contributed by atoms with Crippen molar-refractivity contribution in [1.29, 1.82) is 0 Å². The van der Waals surface area contributed by atoms with Crippen LogP contribution in [0.15, 0.2) is 28.9 Å². The van der Waals surface area contributed by atoms with Gasteiger partial charge in [0, 0.05) is 34.7 Å². The number of hydrogen-bond donors (Lipinski definition) is 0. The Kier molecular flexibility index (Phi) is 3.20. The number of aromatic nitrogens is 1. The Morgan fingerprint density at radius 2 is 2.17 bits per heavy atom. The molecule has 0 saturated carbocycles. The van der Waals surface area contributed by atoms with Crippen LogP contribution >= 0.6 is 15.9 Å². The topological polar surface area (TPSA) is 8.17 Å². The summed E-state index contributed by atoms with van der Waals surface area (Å²) in [4.78, 5) is 2.50. The molecule has 0 radical (unpaired) electrons. The van der Waals surface area contributed by atoms with Crippen molar-refractivity contribution in [3.63, 3.8) is 0 Å². The molecule has 1 saturated heterocycles. The summed E-state index contributed by atoms with van der Waals surface area (Å²) >= 11 is 3.58. The molecule has 1 atom stereocenters. The molecule has 1 fully saturated rings. The normalized spacial score (nSPS) is 20.9. The summed E-state index contributed by atoms with van der Waals surface area (Å²) in [6, 6.07) is 7.28. The predicted molar refractivity (Wildman–Crippen MR) is 80.0 cm³/mol. The minimum atomic E-state index is 0.717. The standard InChI is InChI=1S/C15H19BrN2/c1-17-7-3-4-13(17)8-11-10-18(2)15-6-5-12(16)9-14(11)15/h5-6,9-10,13H,3-4,7-8H2,1-2H3/t13-/m1/s1. The lowest BCUT2D eigenvalue weighted by Gasteiger charge is -2.18. The average Bonchev–Trinajstić information content (AvgIpc) is 2.86. The van der Waals surface area contributed by atoms with Crippen molar-refractivity contribution in [2.75, 3.05) is 13.6 Å². The first-order valence-corrected chi connectivity index (χ1v) is 7.38. The van der Waals surface area contributed by atoms with Crippen LogP contribution in [-0.4, -0.2) is 29.1 Å². The van der Waals surface area contributed by atoms with Gasteiger partial charge in [-0.05, 0) is 56.6 Å². The van der Waals surface area contributed by atoms with E-state index in [2.05, 4.69) is 63.9 Å². The maximum Gasteiger partial charge on any atom is 0.0481 e. The second kappa shape index (κ2) is 4.71. The van der Waals surface area contributed by atoms with Gasteiger partial charge in [0.1, 0.15) is 0 Å². The molecule has 0 aliphatic carbocycles. The molecule has 2 aromatic rings. The van der Waals surface area contributed by atoms with Crippen LogP contribution in [0.5, 0.6) is 0 Å². The summed E-state index contributed by atoms with van der Waals surface area (Å²) < 4.78 is 3.41. The zero-order chi connectivity index (χ0) is 12.7. The minimum absolute atomic E-state index is 0.717. The zero-order valence-electron chi connectivity index (χ0n) is 11.0. The molecule has 96 valence electrons. The minimum Gasteiger partial charge on any atom is -0.350 e. The Bertz CT molecular complexity index is 573. The van der Waals surface area contributed by atoms with Crippen molar-refractivity contribution < 1.29 is 0 Å². The zero-order valence-corrected chi connectivity index (χ0v) is 12.6. The molecule has 2 nitrogen and oxygen atoms in total. The molecule has 0 unspecified atom stereocenters. The first kappa shape index (κ1) is 12.2. The summed E-state index contributed by atoms with van der Waals surface area (Å²) in [7, 11) is 4.39. The highest BCUT2D eigenvalue weighted by Crippen LogP contribution is 2.28. The van der Waals surface area contributed by atoms with Crippen LogP contribution in [0.1, 0.15) is 18.4 Å². The van der Waals surface area contributed by atoms with Crippen LogP contribution in [0.4, 0.5) is 0 Å². The van der Waals surface area contributed by atoms with Crippen molar-refractivity contribution in [1.82, 2.24) is 9.47 Å². The number of likely N-dealkylation sites (N-methyl/N-ethyl adjacent to an activating group) is 1. The lowest BCUT2D eigenvalue weighted by Crippen LogP contribution is -2.26. The van der Waals surface area contributed by atoms with E-state index in [1.165, 1.54) is 46.7 Å². The van der Waals surface area contributed by atoms with Gasteiger partial charge in [0.05, 0.1) is 0 Å². The number of likely N-dealkylation sites (tertiary alicyclic amines) is 1. The fraction of sp³-hybridized carbons (Fsp3) is 0.467. The molecular formula is C15H19BrN2. The van der Waals surface area contributed by atoms with Gasteiger partial charge in [-0.15, -0.1) is 0 Å². The molecule has 1 aliphatic rings. The third-order valence-electron chi connectivity index (χ3n) is 4.16. The van der Waals surface area contributed by atoms with Crippen molar-refractivity contribution in [3.8, 4) is 0 Å². The van der Waals surface area contributed by atoms with E-state index in [0.29, 0.717) is 0 Å². The highest BCUT2D eigenvalue weighted by atomic mass is 79.9. The van der Waals surface area contributed by atoms with Crippen molar-refractivity contribution >= 4 is 26.8 Å². The summed E-state index contributed by atoms with van der Waals surface area (Å²) in [5.41, 5.74) is 2.81. The fourth-order valence-electron chi connectivity index (χ4n) is 3.10. The fourth-order valence-corrected chi connectivity index (χ4v) is 3.46. The van der Waals surface area contributed by atoms with E-state index in [0.717, 1.165) is 6.04 Å². The third-order valence-corrected chi connectivity index (χ3v) is 4.65. The van der Waals surface area contributed by atoms with Crippen LogP contribution in [0, 0.1) is 0 Å². The van der Waals surface area contributed by atoms with Crippen LogP contribution in [0.3, 0.4) is 0 Å². The molecule has 0 N–H and O–H groups in total. The second-order valence-electron chi connectivity index (χ2n) is 5.41. The van der Waals surface area contributed by atoms with E-state index in [1.54, 1.807) is 0 Å². The highest BCUT2D eigenvalue weighted by molar-refractivity contribution is 9.10. The summed E-state index contributed by atoms with van der Waals surface area (Å²) in [6.07, 6.45) is 6.14. The van der Waals surface area contributed by atoms with Gasteiger partial charge >= 0.3 is 0 Å². The second-order valence-corrected chi connectivity index (χ2v) is 6.32. The van der Waals surface area contributed by atoms with Gasteiger partial charge in [-0.2, -0.15) is 0 Å². The molecule has 0 amide bonds. The number of halogens is 1. The van der Waals surface area contributed by atoms with Gasteiger partial charge in [-0.1, -0.05) is 15.9 Å². The molecule has 0 bridgehead atoms. The molecule has 0 spiro atoms. The van der Waals surface area contributed by atoms with Gasteiger partial charge in [-0.25, -0.2) is 0 Å². The van der Waals surface area contributed by atoms with Crippen molar-refractivity contribution in [2.24, 2.45) is 7.05 Å². The molecule has 18 heavy (non-hydrogen) atoms. The lowest BCUT2D eigenvalue weighted by molar-refractivity contribution is 0.309. The number of benzene rings is 1. The van der Waals surface area contributed by atoms with Gasteiger partial charge in [0.15, 0.2) is 0 Å². The maximum absolute atomic E-state index is 3.58. The number of fused-ring (bicyclic) bond motifs is 1. The molecule has 3 rings (SSSR count). The van der Waals surface area contributed by atoms with Gasteiger partial charge in [0.25, 0.3) is 0 Å². The van der Waals surface area contributed by atoms with Crippen LogP contribution in [-0.2, 0) is 13.5 Å². The maximum atomic E-state index is 3.58. The van der Waals surface area contributed by atoms with E-state index >= 15 is 0 Å². The van der Waals surface area contributed by atoms with Crippen LogP contribution in [0.2, 0.25) is 0 Å². The van der Waals surface area contributed by atoms with Crippen LogP contribution < -0.4 is 0 Å². The highest BCUT2D eigenvalue weighted by Gasteiger charge is 2.22. The van der Waals surface area contributed by atoms with E-state index in [4.69, 9.17) is 0 Å². The van der Waals surface area contributed by atoms with Crippen LogP contribution in [0.25, 0.3) is 10.9 Å². The van der Waals surface area contributed by atoms with Crippen molar-refractivity contribution in [3.05, 3.63) is 34.4 Å². The number of aryl methyl sites for hydroxylation is 1. The Morgan fingerprint density at radius 3 is 2.89 bits per heavy atom. The smallest absolute Gasteiger partial charge is 0.0481 e. The summed E-state index contributed by atoms with van der Waals surface area (Å²) in [6.45, 7) is 1.25. The summed E-state index contributed by atoms with van der Waals surface area (Å²) in [5, 5.41) is 1.40. The third kappa shape index (κ3) is 2.10. The predicted octanol–water partition coefficient (Wildman–Crippen LogP) is 3.58. The Morgan fingerprint density at radius 1 is 1.33 bits per heavy atom. The number of hydrogen-bond acceptors (Lipinski definition) is 1. The quantitative estimate of drug-likeness (QED) is 0.823. The monoisotopic (exact) mass is 306 g/mol. The molecule has 1 aliphatic heterocycles. The summed E-state index contributed by atoms with van der Waals surface area (Å²) in [5.74, 6) is 0. The molecule has 1 aromatic heterocycles. The Balaban J connectivity index is 1.98. The molecule has 3 heteroatoms. The largest absolute Gasteiger partial charge is 0.350 e. The SMILES string of the molecule is CN1CCC[C@@H]1Cc1cn(C)c2ccc(Br)cc12. The van der Waals surface area contributed by atoms with Gasteiger partial charge in [0.2, 0.25) is 0 Å². The van der Waals surface area contributed by atoms with Gasteiger partial charge < -0.3 is 9.47 Å². The molecule has 2 heterocycles. The number of rotatable bonds is 2. The van der Waals surface area contributed by atoms with E-state index < -0.39 is 0 Å². The van der Waals surface area contributed by atoms with Crippen molar-refractivity contribution in [2.45, 2.75) is 25.3 Å². The Labute approximate surface area is 117 Å². The molecular weight excluding hydrogens is 288 g/mol. The number of nitrogens with zero attached hydrogens (tertiary/aromatic N) is 2. The molecule has 1 aromatic carbocycles. The van der Waals surface area contributed by atoms with E-state index in [-0.39, 0.29) is 0 Å². The Hall–Kier alpha value is -0.800.